The van der Waals surface area contributed by atoms with Crippen LogP contribution in [0.4, 0.5) is 0 Å². The molecule has 3 rings (SSSR count). The topological polar surface area (TPSA) is 130 Å². The molecule has 48 heavy (non-hydrogen) atoms. The van der Waals surface area contributed by atoms with Gasteiger partial charge in [0.05, 0.1) is 11.7 Å². The highest BCUT2D eigenvalue weighted by Gasteiger charge is 2.18. The molecule has 1 atom stereocenters. The van der Waals surface area contributed by atoms with E-state index in [0.717, 1.165) is 48.0 Å². The summed E-state index contributed by atoms with van der Waals surface area (Å²) in [5.41, 5.74) is 3.52. The number of nitrogens with one attached hydrogen (secondary N) is 2. The second-order valence-electron chi connectivity index (χ2n) is 13.3. The van der Waals surface area contributed by atoms with Crippen molar-refractivity contribution in [2.45, 2.75) is 148 Å². The predicted octanol–water partition coefficient (Wildman–Crippen LogP) is 9.62. The van der Waals surface area contributed by atoms with Gasteiger partial charge in [0.15, 0.2) is 0 Å². The SMILES string of the molecule is CCCCCCCCCCCCCCCCCCOCCCC(CCP(=O)(O)O)NCc1c[nH]c2c(OCc3ccccc3)ncnc12. The Labute approximate surface area is 289 Å². The van der Waals surface area contributed by atoms with E-state index in [1.165, 1.54) is 103 Å². The number of unbranched alkanes of at least 4 members (excludes halogenated alkanes) is 15. The molecule has 2 heterocycles. The quantitative estimate of drug-likeness (QED) is 0.0403. The standard InChI is InChI=1S/C38H63N4O5P/c1-2-3-4-5-6-7-8-9-10-11-12-13-14-15-16-20-26-46-27-21-24-35(25-28-48(43,44)45)39-29-34-30-40-37-36(34)41-32-42-38(37)47-31-33-22-18-17-19-23-33/h17-19,22-23,30,32,35,39-40H,2-16,20-21,24-29,31H2,1H3,(H2,43,44,45). The molecule has 4 N–H and O–H groups in total. The summed E-state index contributed by atoms with van der Waals surface area (Å²) in [6.45, 7) is 4.65. The van der Waals surface area contributed by atoms with Gasteiger partial charge >= 0.3 is 7.60 Å². The Balaban J connectivity index is 1.25. The van der Waals surface area contributed by atoms with E-state index in [2.05, 4.69) is 27.2 Å². The first kappa shape index (κ1) is 40.1. The van der Waals surface area contributed by atoms with Gasteiger partial charge in [-0.15, -0.1) is 0 Å². The smallest absolute Gasteiger partial charge is 0.325 e. The summed E-state index contributed by atoms with van der Waals surface area (Å²) in [5.74, 6) is 0.495. The first-order chi connectivity index (χ1) is 23.5. The molecule has 3 aromatic rings. The van der Waals surface area contributed by atoms with Crippen LogP contribution in [-0.2, 0) is 22.5 Å². The summed E-state index contributed by atoms with van der Waals surface area (Å²) in [6.07, 6.45) is 27.0. The molecule has 9 nitrogen and oxygen atoms in total. The van der Waals surface area contributed by atoms with Crippen molar-refractivity contribution in [2.75, 3.05) is 19.4 Å². The summed E-state index contributed by atoms with van der Waals surface area (Å²) < 4.78 is 23.5. The number of fused-ring (bicyclic) bond motifs is 1. The Morgan fingerprint density at radius 2 is 1.40 bits per heavy atom. The molecule has 0 spiro atoms. The summed E-state index contributed by atoms with van der Waals surface area (Å²) in [5, 5.41) is 3.50. The van der Waals surface area contributed by atoms with E-state index < -0.39 is 7.60 Å². The van der Waals surface area contributed by atoms with Crippen molar-refractivity contribution in [3.63, 3.8) is 0 Å². The lowest BCUT2D eigenvalue weighted by Crippen LogP contribution is -2.30. The Bertz CT molecular complexity index is 1270. The molecule has 0 fully saturated rings. The van der Waals surface area contributed by atoms with Crippen LogP contribution in [0.5, 0.6) is 5.88 Å². The van der Waals surface area contributed by atoms with Crippen molar-refractivity contribution in [2.24, 2.45) is 0 Å². The molecule has 0 aliphatic carbocycles. The first-order valence-corrected chi connectivity index (χ1v) is 20.6. The van der Waals surface area contributed by atoms with E-state index in [1.807, 2.05) is 36.5 Å². The first-order valence-electron chi connectivity index (χ1n) is 18.8. The van der Waals surface area contributed by atoms with Crippen LogP contribution < -0.4 is 10.1 Å². The third-order valence-corrected chi connectivity index (χ3v) is 9.90. The molecule has 1 aromatic carbocycles. The fourth-order valence-corrected chi connectivity index (χ4v) is 6.80. The van der Waals surface area contributed by atoms with Crippen LogP contribution in [0.2, 0.25) is 0 Å². The molecule has 0 amide bonds. The van der Waals surface area contributed by atoms with Gasteiger partial charge in [-0.05, 0) is 31.2 Å². The number of hydrogen-bond donors (Lipinski definition) is 4. The number of ether oxygens (including phenoxy) is 2. The second-order valence-corrected chi connectivity index (χ2v) is 15.1. The van der Waals surface area contributed by atoms with Crippen molar-refractivity contribution in [3.8, 4) is 5.88 Å². The largest absolute Gasteiger partial charge is 0.471 e. The van der Waals surface area contributed by atoms with Crippen LogP contribution in [0.1, 0.15) is 140 Å². The molecular weight excluding hydrogens is 623 g/mol. The number of rotatable bonds is 30. The van der Waals surface area contributed by atoms with E-state index in [4.69, 9.17) is 9.47 Å². The average molecular weight is 687 g/mol. The average Bonchev–Trinajstić information content (AvgIpc) is 3.51. The van der Waals surface area contributed by atoms with Gasteiger partial charge in [0.25, 0.3) is 0 Å². The molecule has 0 bridgehead atoms. The lowest BCUT2D eigenvalue weighted by molar-refractivity contribution is 0.123. The Morgan fingerprint density at radius 1 is 0.792 bits per heavy atom. The highest BCUT2D eigenvalue weighted by atomic mass is 31.2. The minimum absolute atomic E-state index is 0.0441. The number of nitrogens with zero attached hydrogens (tertiary/aromatic N) is 2. The van der Waals surface area contributed by atoms with Crippen LogP contribution in [0.15, 0.2) is 42.9 Å². The van der Waals surface area contributed by atoms with E-state index in [0.29, 0.717) is 32.1 Å². The van der Waals surface area contributed by atoms with Gasteiger partial charge in [0, 0.05) is 37.6 Å². The maximum absolute atomic E-state index is 11.6. The maximum Gasteiger partial charge on any atom is 0.325 e. The van der Waals surface area contributed by atoms with Gasteiger partial charge in [0.2, 0.25) is 5.88 Å². The fourth-order valence-electron chi connectivity index (χ4n) is 6.15. The van der Waals surface area contributed by atoms with Gasteiger partial charge < -0.3 is 29.6 Å². The zero-order valence-electron chi connectivity index (χ0n) is 29.6. The predicted molar refractivity (Wildman–Crippen MR) is 196 cm³/mol. The summed E-state index contributed by atoms with van der Waals surface area (Å²) in [4.78, 5) is 31.0. The van der Waals surface area contributed by atoms with Crippen molar-refractivity contribution in [3.05, 3.63) is 54.0 Å². The molecule has 0 aliphatic rings. The van der Waals surface area contributed by atoms with Crippen LogP contribution in [0.3, 0.4) is 0 Å². The lowest BCUT2D eigenvalue weighted by Gasteiger charge is -2.19. The number of aromatic nitrogens is 3. The van der Waals surface area contributed by atoms with Gasteiger partial charge in [0.1, 0.15) is 18.5 Å². The summed E-state index contributed by atoms with van der Waals surface area (Å²) in [7, 11) is -4.08. The molecule has 0 saturated heterocycles. The van der Waals surface area contributed by atoms with Crippen molar-refractivity contribution in [1.29, 1.82) is 0 Å². The summed E-state index contributed by atoms with van der Waals surface area (Å²) in [6, 6.07) is 9.89. The number of aromatic amines is 1. The van der Waals surface area contributed by atoms with E-state index in [1.54, 1.807) is 0 Å². The van der Waals surface area contributed by atoms with Crippen molar-refractivity contribution in [1.82, 2.24) is 20.3 Å². The molecular formula is C38H63N4O5P. The third kappa shape index (κ3) is 17.9. The number of H-pyrrole nitrogens is 1. The lowest BCUT2D eigenvalue weighted by atomic mass is 10.0. The van der Waals surface area contributed by atoms with Gasteiger partial charge in [-0.25, -0.2) is 4.98 Å². The number of benzene rings is 1. The summed E-state index contributed by atoms with van der Waals surface area (Å²) >= 11 is 0. The van der Waals surface area contributed by atoms with Gasteiger partial charge in [-0.1, -0.05) is 134 Å². The van der Waals surface area contributed by atoms with E-state index in [9.17, 15) is 14.4 Å². The normalized spacial score (nSPS) is 12.6. The molecule has 1 unspecified atom stereocenters. The second kappa shape index (κ2) is 24.8. The molecule has 2 aromatic heterocycles. The third-order valence-electron chi connectivity index (χ3n) is 9.06. The Hall–Kier alpha value is -2.29. The van der Waals surface area contributed by atoms with Crippen LogP contribution >= 0.6 is 7.60 Å². The Morgan fingerprint density at radius 3 is 2.02 bits per heavy atom. The minimum Gasteiger partial charge on any atom is -0.471 e. The molecule has 0 radical (unpaired) electrons. The van der Waals surface area contributed by atoms with E-state index >= 15 is 0 Å². The Kier molecular flexibility index (Phi) is 20.7. The van der Waals surface area contributed by atoms with E-state index in [-0.39, 0.29) is 12.2 Å². The van der Waals surface area contributed by atoms with Crippen LogP contribution in [-0.4, -0.2) is 50.2 Å². The maximum atomic E-state index is 11.6. The highest BCUT2D eigenvalue weighted by molar-refractivity contribution is 7.51. The van der Waals surface area contributed by atoms with Crippen molar-refractivity contribution < 1.29 is 23.8 Å². The van der Waals surface area contributed by atoms with Crippen LogP contribution in [0, 0.1) is 0 Å². The minimum atomic E-state index is -4.08. The monoisotopic (exact) mass is 686 g/mol. The molecule has 0 saturated carbocycles. The van der Waals surface area contributed by atoms with Crippen LogP contribution in [0.25, 0.3) is 11.0 Å². The fraction of sp³-hybridized carbons (Fsp3) is 0.684. The molecule has 10 heteroatoms. The number of hydrogen-bond acceptors (Lipinski definition) is 6. The molecule has 270 valence electrons. The highest BCUT2D eigenvalue weighted by Crippen LogP contribution is 2.35. The van der Waals surface area contributed by atoms with Gasteiger partial charge in [-0.2, -0.15) is 4.98 Å². The molecule has 0 aliphatic heterocycles. The zero-order valence-corrected chi connectivity index (χ0v) is 30.4. The van der Waals surface area contributed by atoms with Crippen molar-refractivity contribution >= 4 is 18.6 Å². The zero-order chi connectivity index (χ0) is 34.1. The van der Waals surface area contributed by atoms with Gasteiger partial charge in [-0.3, -0.25) is 4.57 Å².